The Balaban J connectivity index is 2.40. The van der Waals surface area contributed by atoms with Crippen molar-refractivity contribution in [2.24, 2.45) is 0 Å². The molecule has 1 aliphatic heterocycles. The highest BCUT2D eigenvalue weighted by Crippen LogP contribution is 2.34. The Morgan fingerprint density at radius 1 is 1.44 bits per heavy atom. The van der Waals surface area contributed by atoms with Crippen LogP contribution in [0.1, 0.15) is 24.4 Å². The van der Waals surface area contributed by atoms with Gasteiger partial charge < -0.3 is 14.8 Å². The van der Waals surface area contributed by atoms with E-state index in [2.05, 4.69) is 5.32 Å². The second kappa shape index (κ2) is 5.87. The zero-order chi connectivity index (χ0) is 13.0. The average Bonchev–Trinajstić information content (AvgIpc) is 2.42. The maximum absolute atomic E-state index is 14.0. The van der Waals surface area contributed by atoms with E-state index in [1.807, 2.05) is 7.05 Å². The SMILES string of the molecule is CNC(C1=COCCC1)c1c(F)cccc1OC. The van der Waals surface area contributed by atoms with Crippen molar-refractivity contribution >= 4 is 0 Å². The first kappa shape index (κ1) is 12.9. The molecular weight excluding hydrogens is 233 g/mol. The maximum atomic E-state index is 14.0. The highest BCUT2D eigenvalue weighted by Gasteiger charge is 2.23. The Morgan fingerprint density at radius 3 is 2.89 bits per heavy atom. The molecule has 1 unspecified atom stereocenters. The molecule has 0 radical (unpaired) electrons. The van der Waals surface area contributed by atoms with Crippen LogP contribution >= 0.6 is 0 Å². The molecule has 0 saturated heterocycles. The van der Waals surface area contributed by atoms with E-state index < -0.39 is 0 Å². The standard InChI is InChI=1S/C14H18FNO2/c1-16-14(10-5-4-8-18-9-10)13-11(15)6-3-7-12(13)17-2/h3,6-7,9,14,16H,4-5,8H2,1-2H3. The summed E-state index contributed by atoms with van der Waals surface area (Å²) in [6, 6.07) is 4.66. The summed E-state index contributed by atoms with van der Waals surface area (Å²) in [5.74, 6) is 0.293. The number of rotatable bonds is 4. The Bertz CT molecular complexity index is 445. The molecule has 1 heterocycles. The number of ether oxygens (including phenoxy) is 2. The van der Waals surface area contributed by atoms with Crippen molar-refractivity contribution in [3.05, 3.63) is 41.4 Å². The number of benzene rings is 1. The Labute approximate surface area is 107 Å². The number of likely N-dealkylation sites (N-methyl/N-ethyl adjacent to an activating group) is 1. The van der Waals surface area contributed by atoms with Crippen molar-refractivity contribution in [3.63, 3.8) is 0 Å². The first-order valence-electron chi connectivity index (χ1n) is 6.08. The van der Waals surface area contributed by atoms with Gasteiger partial charge in [0.1, 0.15) is 11.6 Å². The number of nitrogens with one attached hydrogen (secondary N) is 1. The third kappa shape index (κ3) is 2.48. The van der Waals surface area contributed by atoms with Gasteiger partial charge in [-0.05, 0) is 37.6 Å². The third-order valence-corrected chi connectivity index (χ3v) is 3.14. The number of halogens is 1. The number of hydrogen-bond donors (Lipinski definition) is 1. The molecule has 4 heteroatoms. The van der Waals surface area contributed by atoms with Gasteiger partial charge in [-0.2, -0.15) is 0 Å². The molecule has 98 valence electrons. The monoisotopic (exact) mass is 251 g/mol. The summed E-state index contributed by atoms with van der Waals surface area (Å²) < 4.78 is 24.6. The molecule has 1 atom stereocenters. The van der Waals surface area contributed by atoms with Crippen molar-refractivity contribution in [2.75, 3.05) is 20.8 Å². The molecule has 0 saturated carbocycles. The number of hydrogen-bond acceptors (Lipinski definition) is 3. The van der Waals surface area contributed by atoms with E-state index in [0.717, 1.165) is 25.0 Å². The van der Waals surface area contributed by atoms with Gasteiger partial charge in [-0.25, -0.2) is 4.39 Å². The van der Waals surface area contributed by atoms with Crippen LogP contribution in [0, 0.1) is 5.82 Å². The summed E-state index contributed by atoms with van der Waals surface area (Å²) in [7, 11) is 3.36. The molecule has 18 heavy (non-hydrogen) atoms. The summed E-state index contributed by atoms with van der Waals surface area (Å²) in [4.78, 5) is 0. The van der Waals surface area contributed by atoms with Crippen LogP contribution in [0.2, 0.25) is 0 Å². The fraction of sp³-hybridized carbons (Fsp3) is 0.429. The quantitative estimate of drug-likeness (QED) is 0.892. The van der Waals surface area contributed by atoms with E-state index in [1.165, 1.54) is 6.07 Å². The zero-order valence-electron chi connectivity index (χ0n) is 10.7. The molecule has 1 aromatic carbocycles. The highest BCUT2D eigenvalue weighted by molar-refractivity contribution is 5.41. The molecule has 0 aromatic heterocycles. The molecule has 3 nitrogen and oxygen atoms in total. The van der Waals surface area contributed by atoms with Gasteiger partial charge in [-0.1, -0.05) is 6.07 Å². The van der Waals surface area contributed by atoms with E-state index >= 15 is 0 Å². The van der Waals surface area contributed by atoms with Gasteiger partial charge in [-0.15, -0.1) is 0 Å². The predicted octanol–water partition coefficient (Wildman–Crippen LogP) is 2.79. The van der Waals surface area contributed by atoms with Gasteiger partial charge in [0.25, 0.3) is 0 Å². The Morgan fingerprint density at radius 2 is 2.28 bits per heavy atom. The van der Waals surface area contributed by atoms with Crippen molar-refractivity contribution in [2.45, 2.75) is 18.9 Å². The lowest BCUT2D eigenvalue weighted by atomic mass is 9.94. The largest absolute Gasteiger partial charge is 0.501 e. The summed E-state index contributed by atoms with van der Waals surface area (Å²) in [5.41, 5.74) is 1.59. The van der Waals surface area contributed by atoms with Gasteiger partial charge in [0, 0.05) is 0 Å². The van der Waals surface area contributed by atoms with Crippen LogP contribution in [-0.2, 0) is 4.74 Å². The lowest BCUT2D eigenvalue weighted by Crippen LogP contribution is -2.22. The van der Waals surface area contributed by atoms with E-state index in [-0.39, 0.29) is 11.9 Å². The van der Waals surface area contributed by atoms with E-state index in [9.17, 15) is 4.39 Å². The summed E-state index contributed by atoms with van der Waals surface area (Å²) in [6.45, 7) is 0.730. The predicted molar refractivity (Wildman–Crippen MR) is 68.0 cm³/mol. The van der Waals surface area contributed by atoms with Crippen LogP contribution in [0.4, 0.5) is 4.39 Å². The molecule has 1 aromatic rings. The first-order chi connectivity index (χ1) is 8.77. The third-order valence-electron chi connectivity index (χ3n) is 3.14. The summed E-state index contributed by atoms with van der Waals surface area (Å²) in [6.07, 6.45) is 3.60. The van der Waals surface area contributed by atoms with Gasteiger partial charge >= 0.3 is 0 Å². The molecule has 1 aliphatic rings. The molecule has 0 aliphatic carbocycles. The second-order valence-electron chi connectivity index (χ2n) is 4.24. The molecule has 0 fully saturated rings. The van der Waals surface area contributed by atoms with Gasteiger partial charge in [0.2, 0.25) is 0 Å². The maximum Gasteiger partial charge on any atom is 0.132 e. The fourth-order valence-corrected chi connectivity index (χ4v) is 2.29. The molecule has 0 spiro atoms. The van der Waals surface area contributed by atoms with Crippen molar-refractivity contribution in [1.82, 2.24) is 5.32 Å². The molecular formula is C14H18FNO2. The molecule has 2 rings (SSSR count). The Hall–Kier alpha value is -1.55. The van der Waals surface area contributed by atoms with Crippen LogP contribution in [0.25, 0.3) is 0 Å². The second-order valence-corrected chi connectivity index (χ2v) is 4.24. The summed E-state index contributed by atoms with van der Waals surface area (Å²) >= 11 is 0. The van der Waals surface area contributed by atoms with E-state index in [1.54, 1.807) is 25.5 Å². The van der Waals surface area contributed by atoms with Crippen LogP contribution in [-0.4, -0.2) is 20.8 Å². The Kier molecular flexibility index (Phi) is 4.20. The van der Waals surface area contributed by atoms with E-state index in [4.69, 9.17) is 9.47 Å². The minimum absolute atomic E-state index is 0.207. The molecule has 0 amide bonds. The average molecular weight is 251 g/mol. The molecule has 0 bridgehead atoms. The fourth-order valence-electron chi connectivity index (χ4n) is 2.29. The number of methoxy groups -OCH3 is 1. The van der Waals surface area contributed by atoms with Crippen LogP contribution in [0.3, 0.4) is 0 Å². The normalized spacial score (nSPS) is 16.7. The zero-order valence-corrected chi connectivity index (χ0v) is 10.7. The molecule has 1 N–H and O–H groups in total. The van der Waals surface area contributed by atoms with Crippen LogP contribution in [0.5, 0.6) is 5.75 Å². The smallest absolute Gasteiger partial charge is 0.132 e. The van der Waals surface area contributed by atoms with Gasteiger partial charge in [-0.3, -0.25) is 0 Å². The minimum atomic E-state index is -0.264. The lowest BCUT2D eigenvalue weighted by molar-refractivity contribution is 0.219. The van der Waals surface area contributed by atoms with Gasteiger partial charge in [0.05, 0.1) is 31.6 Å². The van der Waals surface area contributed by atoms with Gasteiger partial charge in [0.15, 0.2) is 0 Å². The highest BCUT2D eigenvalue weighted by atomic mass is 19.1. The first-order valence-corrected chi connectivity index (χ1v) is 6.08. The summed E-state index contributed by atoms with van der Waals surface area (Å²) in [5, 5.41) is 3.14. The van der Waals surface area contributed by atoms with Crippen molar-refractivity contribution in [1.29, 1.82) is 0 Å². The topological polar surface area (TPSA) is 30.5 Å². The lowest BCUT2D eigenvalue weighted by Gasteiger charge is -2.25. The minimum Gasteiger partial charge on any atom is -0.501 e. The van der Waals surface area contributed by atoms with E-state index in [0.29, 0.717) is 11.3 Å². The van der Waals surface area contributed by atoms with Crippen LogP contribution in [0.15, 0.2) is 30.0 Å². The van der Waals surface area contributed by atoms with Crippen molar-refractivity contribution < 1.29 is 13.9 Å². The van der Waals surface area contributed by atoms with Crippen molar-refractivity contribution in [3.8, 4) is 5.75 Å². The van der Waals surface area contributed by atoms with Crippen LogP contribution < -0.4 is 10.1 Å².